The molecule has 2 rings (SSSR count). The number of hydrogen-bond acceptors (Lipinski definition) is 2. The van der Waals surface area contributed by atoms with Crippen molar-refractivity contribution in [3.05, 3.63) is 24.5 Å². The SMILES string of the molecule is [CH3][Sn][c]1cc2cnccc2o1. The molecule has 2 heterocycles. The Morgan fingerprint density at radius 2 is 2.45 bits per heavy atom. The van der Waals surface area contributed by atoms with Crippen LogP contribution in [0.3, 0.4) is 0 Å². The molecule has 0 aliphatic carbocycles. The summed E-state index contributed by atoms with van der Waals surface area (Å²) in [7, 11) is 0. The first-order valence-electron chi connectivity index (χ1n) is 3.41. The first-order chi connectivity index (χ1) is 5.40. The third-order valence-electron chi connectivity index (χ3n) is 1.56. The van der Waals surface area contributed by atoms with Gasteiger partial charge in [0, 0.05) is 0 Å². The quantitative estimate of drug-likeness (QED) is 0.713. The zero-order valence-corrected chi connectivity index (χ0v) is 9.02. The fourth-order valence-electron chi connectivity index (χ4n) is 1.01. The Hall–Kier alpha value is -0.511. The van der Waals surface area contributed by atoms with Crippen LogP contribution < -0.4 is 3.78 Å². The first-order valence-corrected chi connectivity index (χ1v) is 7.69. The molecular weight excluding hydrogens is 245 g/mol. The summed E-state index contributed by atoms with van der Waals surface area (Å²) < 4.78 is 6.74. The molecule has 0 aromatic carbocycles. The second-order valence-electron chi connectivity index (χ2n) is 2.27. The summed E-state index contributed by atoms with van der Waals surface area (Å²) >= 11 is -0.409. The van der Waals surface area contributed by atoms with Gasteiger partial charge in [-0.25, -0.2) is 0 Å². The number of rotatable bonds is 1. The predicted octanol–water partition coefficient (Wildman–Crippen LogP) is 1.21. The maximum absolute atomic E-state index is 5.55. The summed E-state index contributed by atoms with van der Waals surface area (Å²) in [5.41, 5.74) is 0.970. The van der Waals surface area contributed by atoms with Crippen LogP contribution in [-0.2, 0) is 0 Å². The van der Waals surface area contributed by atoms with Crippen molar-refractivity contribution in [3.8, 4) is 0 Å². The van der Waals surface area contributed by atoms with Crippen LogP contribution in [0.1, 0.15) is 0 Å². The van der Waals surface area contributed by atoms with Crippen molar-refractivity contribution in [3.63, 3.8) is 0 Å². The van der Waals surface area contributed by atoms with Gasteiger partial charge in [-0.15, -0.1) is 0 Å². The van der Waals surface area contributed by atoms with Crippen LogP contribution >= 0.6 is 0 Å². The molecule has 2 aromatic heterocycles. The molecule has 0 aliphatic heterocycles. The molecule has 11 heavy (non-hydrogen) atoms. The Balaban J connectivity index is 2.69. The van der Waals surface area contributed by atoms with E-state index < -0.39 is 21.1 Å². The normalized spacial score (nSPS) is 10.6. The van der Waals surface area contributed by atoms with Crippen LogP contribution in [0.15, 0.2) is 28.9 Å². The summed E-state index contributed by atoms with van der Waals surface area (Å²) in [6.07, 6.45) is 3.60. The molecule has 0 spiro atoms. The standard InChI is InChI=1S/C7H4NO.CH3.Sn/c1-3-8-5-6-2-4-9-7(1)6;;/h1-3,5H;1H3;. The van der Waals surface area contributed by atoms with Crippen LogP contribution in [-0.4, -0.2) is 26.1 Å². The van der Waals surface area contributed by atoms with Crippen LogP contribution in [0.4, 0.5) is 0 Å². The average molecular weight is 252 g/mol. The van der Waals surface area contributed by atoms with Gasteiger partial charge in [-0.3, -0.25) is 0 Å². The minimum absolute atomic E-state index is 0.409. The zero-order valence-electron chi connectivity index (χ0n) is 6.16. The van der Waals surface area contributed by atoms with E-state index in [9.17, 15) is 0 Å². The number of nitrogens with zero attached hydrogens (tertiary/aromatic N) is 1. The van der Waals surface area contributed by atoms with Gasteiger partial charge in [0.05, 0.1) is 0 Å². The molecule has 0 saturated heterocycles. The van der Waals surface area contributed by atoms with Crippen LogP contribution in [0.5, 0.6) is 0 Å². The molecule has 3 heteroatoms. The molecule has 0 bridgehead atoms. The second kappa shape index (κ2) is 2.85. The molecule has 2 nitrogen and oxygen atoms in total. The Kier molecular flexibility index (Phi) is 1.85. The van der Waals surface area contributed by atoms with Crippen molar-refractivity contribution < 1.29 is 4.42 Å². The Morgan fingerprint density at radius 1 is 1.55 bits per heavy atom. The molecule has 2 aromatic rings. The van der Waals surface area contributed by atoms with E-state index in [0.29, 0.717) is 0 Å². The Morgan fingerprint density at radius 3 is 3.18 bits per heavy atom. The molecule has 0 saturated carbocycles. The van der Waals surface area contributed by atoms with Gasteiger partial charge in [-0.05, 0) is 0 Å². The number of aromatic nitrogens is 1. The fraction of sp³-hybridized carbons (Fsp3) is 0.125. The van der Waals surface area contributed by atoms with Gasteiger partial charge >= 0.3 is 74.8 Å². The van der Waals surface area contributed by atoms with Gasteiger partial charge in [0.25, 0.3) is 0 Å². The van der Waals surface area contributed by atoms with Crippen LogP contribution in [0, 0.1) is 0 Å². The maximum atomic E-state index is 5.55. The third kappa shape index (κ3) is 1.27. The van der Waals surface area contributed by atoms with Crippen LogP contribution in [0.2, 0.25) is 4.94 Å². The van der Waals surface area contributed by atoms with Gasteiger partial charge in [0.2, 0.25) is 0 Å². The Bertz CT molecular complexity index is 336. The van der Waals surface area contributed by atoms with Crippen molar-refractivity contribution in [2.45, 2.75) is 4.94 Å². The predicted molar refractivity (Wildman–Crippen MR) is 45.3 cm³/mol. The molecule has 0 fully saturated rings. The number of furan rings is 1. The van der Waals surface area contributed by atoms with Crippen molar-refractivity contribution in [1.29, 1.82) is 0 Å². The Labute approximate surface area is 74.8 Å². The second-order valence-corrected chi connectivity index (χ2v) is 5.11. The summed E-state index contributed by atoms with van der Waals surface area (Å²) in [4.78, 5) is 6.26. The number of hydrogen-bond donors (Lipinski definition) is 0. The minimum atomic E-state index is -0.409. The van der Waals surface area contributed by atoms with E-state index in [2.05, 4.69) is 16.0 Å². The van der Waals surface area contributed by atoms with Gasteiger partial charge in [0.1, 0.15) is 0 Å². The van der Waals surface area contributed by atoms with Crippen molar-refractivity contribution in [1.82, 2.24) is 4.98 Å². The van der Waals surface area contributed by atoms with E-state index in [-0.39, 0.29) is 0 Å². The fourth-order valence-corrected chi connectivity index (χ4v) is 2.47. The molecule has 0 amide bonds. The number of pyridine rings is 1. The van der Waals surface area contributed by atoms with Gasteiger partial charge in [0.15, 0.2) is 0 Å². The molecule has 0 atom stereocenters. The topological polar surface area (TPSA) is 26.0 Å². The van der Waals surface area contributed by atoms with Gasteiger partial charge < -0.3 is 0 Å². The van der Waals surface area contributed by atoms with E-state index in [1.165, 1.54) is 3.78 Å². The molecular formula is C8H7NOSn. The van der Waals surface area contributed by atoms with Crippen LogP contribution in [0.25, 0.3) is 11.0 Å². The van der Waals surface area contributed by atoms with Crippen molar-refractivity contribution in [2.24, 2.45) is 0 Å². The van der Waals surface area contributed by atoms with Gasteiger partial charge in [-0.2, -0.15) is 0 Å². The van der Waals surface area contributed by atoms with E-state index in [4.69, 9.17) is 4.42 Å². The summed E-state index contributed by atoms with van der Waals surface area (Å²) in [5, 5.41) is 1.13. The molecule has 0 unspecified atom stereocenters. The van der Waals surface area contributed by atoms with Crippen molar-refractivity contribution >= 4 is 35.9 Å². The summed E-state index contributed by atoms with van der Waals surface area (Å²) in [5.74, 6) is 0. The third-order valence-corrected chi connectivity index (χ3v) is 3.67. The van der Waals surface area contributed by atoms with E-state index in [1.54, 1.807) is 6.20 Å². The van der Waals surface area contributed by atoms with E-state index >= 15 is 0 Å². The first kappa shape index (κ1) is 7.15. The summed E-state index contributed by atoms with van der Waals surface area (Å²) in [6, 6.07) is 4.02. The summed E-state index contributed by atoms with van der Waals surface area (Å²) in [6.45, 7) is 0. The zero-order chi connectivity index (χ0) is 7.68. The molecule has 0 N–H and O–H groups in total. The molecule has 0 aliphatic rings. The monoisotopic (exact) mass is 253 g/mol. The van der Waals surface area contributed by atoms with Crippen molar-refractivity contribution in [2.75, 3.05) is 0 Å². The molecule has 2 radical (unpaired) electrons. The van der Waals surface area contributed by atoms with Gasteiger partial charge in [-0.1, -0.05) is 0 Å². The molecule has 54 valence electrons. The number of fused-ring (bicyclic) bond motifs is 1. The van der Waals surface area contributed by atoms with E-state index in [1.807, 2.05) is 12.3 Å². The van der Waals surface area contributed by atoms with E-state index in [0.717, 1.165) is 11.0 Å². The average Bonchev–Trinajstić information content (AvgIpc) is 2.46.